The summed E-state index contributed by atoms with van der Waals surface area (Å²) in [7, 11) is 3.01. The molecule has 0 spiro atoms. The van der Waals surface area contributed by atoms with Gasteiger partial charge in [-0.25, -0.2) is 0 Å². The van der Waals surface area contributed by atoms with E-state index in [0.717, 1.165) is 4.68 Å². The van der Waals surface area contributed by atoms with Gasteiger partial charge in [0.15, 0.2) is 11.5 Å². The lowest BCUT2D eigenvalue weighted by Crippen LogP contribution is -2.17. The molecule has 0 saturated carbocycles. The maximum absolute atomic E-state index is 12.7. The van der Waals surface area contributed by atoms with Gasteiger partial charge >= 0.3 is 0 Å². The number of nitrogens with zero attached hydrogens (tertiary/aromatic N) is 3. The molecule has 10 heteroatoms. The van der Waals surface area contributed by atoms with Gasteiger partial charge in [-0.15, -0.1) is 0 Å². The molecule has 0 aliphatic heterocycles. The van der Waals surface area contributed by atoms with Crippen LogP contribution in [-0.4, -0.2) is 40.4 Å². The number of halogens is 2. The van der Waals surface area contributed by atoms with E-state index in [0.29, 0.717) is 22.4 Å². The van der Waals surface area contributed by atoms with Gasteiger partial charge in [0.25, 0.3) is 5.91 Å². The largest absolute Gasteiger partial charge is 0.493 e. The molecule has 3 aromatic rings. The van der Waals surface area contributed by atoms with Crippen molar-refractivity contribution in [3.8, 4) is 11.5 Å². The van der Waals surface area contributed by atoms with E-state index in [4.69, 9.17) is 38.4 Å². The van der Waals surface area contributed by atoms with E-state index in [-0.39, 0.29) is 26.9 Å². The second-order valence-electron chi connectivity index (χ2n) is 4.80. The molecule has 0 amide bonds. The molecule has 0 aliphatic carbocycles. The van der Waals surface area contributed by atoms with E-state index in [1.54, 1.807) is 12.1 Å². The molecule has 2 heterocycles. The summed E-state index contributed by atoms with van der Waals surface area (Å²) in [5, 5.41) is 4.99. The summed E-state index contributed by atoms with van der Waals surface area (Å²) in [4.78, 5) is 16.6. The lowest BCUT2D eigenvalue weighted by Gasteiger charge is -2.07. The highest BCUT2D eigenvalue weighted by Gasteiger charge is 2.22. The fraction of sp³-hybridized carbons (Fsp3) is 0.133. The van der Waals surface area contributed by atoms with Crippen LogP contribution in [0.2, 0.25) is 10.0 Å². The molecule has 0 saturated heterocycles. The monoisotopic (exact) mass is 384 g/mol. The van der Waals surface area contributed by atoms with Crippen LogP contribution in [0.1, 0.15) is 10.4 Å². The standard InChI is InChI=1S/C15H12Cl2N4O3.H2O/c1-23-11-3-7-10(4-12(11)24-2)20-21(14(7)18)15(22)13-8(16)5-19-6-9(13)17;/h3-6H,18H2,1-2H3;1H2. The zero-order chi connectivity index (χ0) is 17.4. The van der Waals surface area contributed by atoms with Gasteiger partial charge in [0.2, 0.25) is 0 Å². The average Bonchev–Trinajstić information content (AvgIpc) is 2.89. The lowest BCUT2D eigenvalue weighted by molar-refractivity contribution is 0.0949. The number of anilines is 1. The summed E-state index contributed by atoms with van der Waals surface area (Å²) < 4.78 is 11.5. The van der Waals surface area contributed by atoms with Gasteiger partial charge in [-0.1, -0.05) is 23.2 Å². The van der Waals surface area contributed by atoms with E-state index in [9.17, 15) is 4.79 Å². The number of nitrogen functional groups attached to an aromatic ring is 1. The Morgan fingerprint density at radius 2 is 1.68 bits per heavy atom. The van der Waals surface area contributed by atoms with Crippen LogP contribution in [0.5, 0.6) is 11.5 Å². The number of methoxy groups -OCH3 is 2. The SMILES string of the molecule is COc1cc2nn(C(=O)c3c(Cl)cncc3Cl)c(N)c2cc1OC.O. The first-order valence-corrected chi connectivity index (χ1v) is 7.47. The van der Waals surface area contributed by atoms with Gasteiger partial charge in [-0.2, -0.15) is 9.78 Å². The van der Waals surface area contributed by atoms with Crippen LogP contribution in [0.25, 0.3) is 10.9 Å². The third-order valence-electron chi connectivity index (χ3n) is 3.47. The molecule has 0 radical (unpaired) electrons. The lowest BCUT2D eigenvalue weighted by atomic mass is 10.2. The van der Waals surface area contributed by atoms with Gasteiger partial charge in [0.05, 0.1) is 35.3 Å². The molecular formula is C15H14Cl2N4O4. The number of carbonyl (C=O) groups excluding carboxylic acids is 1. The first-order valence-electron chi connectivity index (χ1n) is 6.71. The minimum absolute atomic E-state index is 0. The quantitative estimate of drug-likeness (QED) is 0.737. The predicted molar refractivity (Wildman–Crippen MR) is 94.8 cm³/mol. The Kier molecular flexibility index (Phi) is 5.36. The van der Waals surface area contributed by atoms with Crippen molar-refractivity contribution in [1.29, 1.82) is 0 Å². The zero-order valence-electron chi connectivity index (χ0n) is 13.2. The Morgan fingerprint density at radius 1 is 1.12 bits per heavy atom. The van der Waals surface area contributed by atoms with Crippen molar-refractivity contribution in [3.05, 3.63) is 40.1 Å². The second-order valence-corrected chi connectivity index (χ2v) is 5.62. The predicted octanol–water partition coefficient (Wildman–Crippen LogP) is 2.20. The molecule has 25 heavy (non-hydrogen) atoms. The minimum atomic E-state index is -0.556. The summed E-state index contributed by atoms with van der Waals surface area (Å²) in [6.07, 6.45) is 2.65. The third-order valence-corrected chi connectivity index (χ3v) is 4.05. The van der Waals surface area contributed by atoms with Crippen LogP contribution in [0.3, 0.4) is 0 Å². The number of hydrogen-bond acceptors (Lipinski definition) is 6. The molecule has 0 aliphatic rings. The fourth-order valence-corrected chi connectivity index (χ4v) is 2.83. The number of carbonyl (C=O) groups is 1. The first-order chi connectivity index (χ1) is 11.5. The second kappa shape index (κ2) is 7.14. The van der Waals surface area contributed by atoms with Crippen molar-refractivity contribution in [2.45, 2.75) is 0 Å². The summed E-state index contributed by atoms with van der Waals surface area (Å²) >= 11 is 12.1. The van der Waals surface area contributed by atoms with E-state index in [2.05, 4.69) is 10.1 Å². The molecule has 4 N–H and O–H groups in total. The smallest absolute Gasteiger partial charge is 0.283 e. The molecule has 0 bridgehead atoms. The van der Waals surface area contributed by atoms with Gasteiger partial charge in [-0.3, -0.25) is 9.78 Å². The number of hydrogen-bond donors (Lipinski definition) is 1. The van der Waals surface area contributed by atoms with Crippen LogP contribution in [-0.2, 0) is 0 Å². The van der Waals surface area contributed by atoms with Crippen LogP contribution >= 0.6 is 23.2 Å². The van der Waals surface area contributed by atoms with Gasteiger partial charge < -0.3 is 20.7 Å². The summed E-state index contributed by atoms with van der Waals surface area (Å²) in [6.45, 7) is 0. The van der Waals surface area contributed by atoms with Crippen LogP contribution in [0.4, 0.5) is 5.82 Å². The van der Waals surface area contributed by atoms with Crippen molar-refractivity contribution in [2.24, 2.45) is 0 Å². The number of nitrogens with two attached hydrogens (primary N) is 1. The molecule has 0 atom stereocenters. The van der Waals surface area contributed by atoms with Crippen molar-refractivity contribution in [2.75, 3.05) is 20.0 Å². The van der Waals surface area contributed by atoms with Gasteiger partial charge in [0.1, 0.15) is 5.82 Å². The topological polar surface area (TPSA) is 124 Å². The summed E-state index contributed by atoms with van der Waals surface area (Å²) in [5.41, 5.74) is 6.62. The average molecular weight is 385 g/mol. The van der Waals surface area contributed by atoms with Gasteiger partial charge in [0, 0.05) is 23.8 Å². The Balaban J connectivity index is 0.00000225. The molecule has 0 unspecified atom stereocenters. The Bertz CT molecular complexity index is 938. The third kappa shape index (κ3) is 3.07. The maximum Gasteiger partial charge on any atom is 0.283 e. The van der Waals surface area contributed by atoms with E-state index in [1.165, 1.54) is 26.6 Å². The van der Waals surface area contributed by atoms with Crippen LogP contribution in [0, 0.1) is 0 Å². The number of fused-ring (bicyclic) bond motifs is 1. The molecule has 3 rings (SSSR count). The molecule has 1 aromatic carbocycles. The minimum Gasteiger partial charge on any atom is -0.493 e. The van der Waals surface area contributed by atoms with Gasteiger partial charge in [-0.05, 0) is 6.07 Å². The number of rotatable bonds is 3. The number of benzene rings is 1. The molecular weight excluding hydrogens is 371 g/mol. The van der Waals surface area contributed by atoms with Crippen molar-refractivity contribution < 1.29 is 19.7 Å². The highest BCUT2D eigenvalue weighted by molar-refractivity contribution is 6.39. The maximum atomic E-state index is 12.7. The van der Waals surface area contributed by atoms with Crippen molar-refractivity contribution in [1.82, 2.24) is 14.8 Å². The fourth-order valence-electron chi connectivity index (χ4n) is 2.31. The van der Waals surface area contributed by atoms with E-state index < -0.39 is 5.91 Å². The zero-order valence-corrected chi connectivity index (χ0v) is 14.7. The highest BCUT2D eigenvalue weighted by atomic mass is 35.5. The normalized spacial score (nSPS) is 10.4. The first kappa shape index (κ1) is 18.8. The molecule has 8 nitrogen and oxygen atoms in total. The Morgan fingerprint density at radius 3 is 2.24 bits per heavy atom. The number of aromatic nitrogens is 3. The van der Waals surface area contributed by atoms with Crippen LogP contribution in [0.15, 0.2) is 24.5 Å². The van der Waals surface area contributed by atoms with Crippen molar-refractivity contribution in [3.63, 3.8) is 0 Å². The van der Waals surface area contributed by atoms with E-state index in [1.807, 2.05) is 0 Å². The highest BCUT2D eigenvalue weighted by Crippen LogP contribution is 2.35. The number of ether oxygens (including phenoxy) is 2. The Hall–Kier alpha value is -2.55. The van der Waals surface area contributed by atoms with Crippen LogP contribution < -0.4 is 15.2 Å². The molecule has 0 fully saturated rings. The summed E-state index contributed by atoms with van der Waals surface area (Å²) in [5.74, 6) is 0.532. The number of pyridine rings is 1. The molecule has 132 valence electrons. The van der Waals surface area contributed by atoms with E-state index >= 15 is 0 Å². The van der Waals surface area contributed by atoms with Crippen molar-refractivity contribution >= 4 is 45.8 Å². The summed E-state index contributed by atoms with van der Waals surface area (Å²) in [6, 6.07) is 3.28. The molecule has 2 aromatic heterocycles. The Labute approximate surface area is 152 Å².